The molecule has 0 spiro atoms. The molecular weight excluding hydrogens is 363 g/mol. The fourth-order valence-corrected chi connectivity index (χ4v) is 2.48. The molecular formula is C14H14BrFO6. The van der Waals surface area contributed by atoms with Crippen LogP contribution < -0.4 is 9.47 Å². The number of alkyl halides is 1. The summed E-state index contributed by atoms with van der Waals surface area (Å²) in [7, 11) is 0. The number of rotatable bonds is 6. The van der Waals surface area contributed by atoms with Crippen LogP contribution in [0, 0.1) is 0 Å². The highest BCUT2D eigenvalue weighted by Crippen LogP contribution is 2.36. The van der Waals surface area contributed by atoms with Gasteiger partial charge in [0.1, 0.15) is 0 Å². The molecule has 2 atom stereocenters. The smallest absolute Gasteiger partial charge is 0.388 e. The number of hydrogen-bond acceptors (Lipinski definition) is 6. The van der Waals surface area contributed by atoms with E-state index in [0.29, 0.717) is 28.8 Å². The van der Waals surface area contributed by atoms with E-state index >= 15 is 0 Å². The first-order valence-electron chi connectivity index (χ1n) is 6.55. The molecule has 1 heterocycles. The fourth-order valence-electron chi connectivity index (χ4n) is 2.03. The molecule has 1 aliphatic rings. The minimum absolute atomic E-state index is 0.131. The van der Waals surface area contributed by atoms with E-state index in [-0.39, 0.29) is 6.79 Å². The zero-order chi connectivity index (χ0) is 16.1. The highest BCUT2D eigenvalue weighted by Gasteiger charge is 2.28. The average molecular weight is 377 g/mol. The summed E-state index contributed by atoms with van der Waals surface area (Å²) in [5.74, 6) is -1.37. The summed E-state index contributed by atoms with van der Waals surface area (Å²) in [6.45, 7) is 1.37. The Labute approximate surface area is 134 Å². The van der Waals surface area contributed by atoms with Gasteiger partial charge in [-0.2, -0.15) is 0 Å². The summed E-state index contributed by atoms with van der Waals surface area (Å²) in [5.41, 5.74) is 0.662. The van der Waals surface area contributed by atoms with Crippen molar-refractivity contribution in [1.82, 2.24) is 0 Å². The van der Waals surface area contributed by atoms with Crippen LogP contribution in [0.15, 0.2) is 18.2 Å². The molecule has 0 amide bonds. The molecule has 1 aromatic carbocycles. The Balaban J connectivity index is 2.15. The van der Waals surface area contributed by atoms with Crippen LogP contribution in [0.25, 0.3) is 0 Å². The van der Waals surface area contributed by atoms with Crippen LogP contribution >= 0.6 is 15.9 Å². The van der Waals surface area contributed by atoms with E-state index in [1.807, 2.05) is 0 Å². The SMILES string of the molecule is C[C@H](OC(=O)C(CCBr)c1ccc2c(c1)OCO2)C(=O)OF. The predicted octanol–water partition coefficient (Wildman–Crippen LogP) is 2.64. The lowest BCUT2D eigenvalue weighted by molar-refractivity contribution is -0.198. The van der Waals surface area contributed by atoms with Crippen LogP contribution in [0.4, 0.5) is 4.53 Å². The van der Waals surface area contributed by atoms with E-state index in [2.05, 4.69) is 20.9 Å². The molecule has 2 rings (SSSR count). The van der Waals surface area contributed by atoms with Crippen LogP contribution in [0.5, 0.6) is 11.5 Å². The molecule has 1 aliphatic heterocycles. The van der Waals surface area contributed by atoms with Crippen molar-refractivity contribution >= 4 is 27.9 Å². The van der Waals surface area contributed by atoms with E-state index in [4.69, 9.17) is 14.2 Å². The molecule has 1 unspecified atom stereocenters. The first kappa shape index (κ1) is 16.5. The monoisotopic (exact) mass is 376 g/mol. The van der Waals surface area contributed by atoms with Crippen LogP contribution in [-0.4, -0.2) is 30.2 Å². The number of hydrogen-bond donors (Lipinski definition) is 0. The maximum atomic E-state index is 12.2. The molecule has 0 aromatic heterocycles. The van der Waals surface area contributed by atoms with Crippen molar-refractivity contribution in [2.24, 2.45) is 0 Å². The van der Waals surface area contributed by atoms with Gasteiger partial charge in [-0.3, -0.25) is 9.74 Å². The topological polar surface area (TPSA) is 71.1 Å². The Kier molecular flexibility index (Phi) is 5.59. The zero-order valence-electron chi connectivity index (χ0n) is 11.7. The maximum absolute atomic E-state index is 12.2. The van der Waals surface area contributed by atoms with Gasteiger partial charge in [0.15, 0.2) is 17.6 Å². The van der Waals surface area contributed by atoms with Crippen LogP contribution in [0.1, 0.15) is 24.8 Å². The molecule has 6 nitrogen and oxygen atoms in total. The lowest BCUT2D eigenvalue weighted by Gasteiger charge is -2.17. The molecule has 1 aromatic rings. The molecule has 120 valence electrons. The van der Waals surface area contributed by atoms with E-state index in [1.165, 1.54) is 6.92 Å². The molecule has 0 aliphatic carbocycles. The highest BCUT2D eigenvalue weighted by molar-refractivity contribution is 9.09. The normalized spacial score (nSPS) is 15.0. The molecule has 0 bridgehead atoms. The van der Waals surface area contributed by atoms with Crippen LogP contribution in [0.2, 0.25) is 0 Å². The summed E-state index contributed by atoms with van der Waals surface area (Å²) in [6, 6.07) is 5.11. The van der Waals surface area contributed by atoms with Gasteiger partial charge in [-0.05, 0) is 31.0 Å². The number of fused-ring (bicyclic) bond motifs is 1. The summed E-state index contributed by atoms with van der Waals surface area (Å²) < 4.78 is 27.3. The second-order valence-corrected chi connectivity index (χ2v) is 5.41. The van der Waals surface area contributed by atoms with Crippen molar-refractivity contribution < 1.29 is 33.3 Å². The van der Waals surface area contributed by atoms with Crippen molar-refractivity contribution in [3.8, 4) is 11.5 Å². The fraction of sp³-hybridized carbons (Fsp3) is 0.429. The summed E-state index contributed by atoms with van der Waals surface area (Å²) in [4.78, 5) is 26.3. The lowest BCUT2D eigenvalue weighted by atomic mass is 9.96. The number of esters is 1. The average Bonchev–Trinajstić information content (AvgIpc) is 2.98. The van der Waals surface area contributed by atoms with Crippen molar-refractivity contribution in [3.05, 3.63) is 23.8 Å². The Morgan fingerprint density at radius 1 is 1.32 bits per heavy atom. The van der Waals surface area contributed by atoms with Gasteiger partial charge in [-0.1, -0.05) is 22.0 Å². The van der Waals surface area contributed by atoms with E-state index < -0.39 is 24.0 Å². The van der Waals surface area contributed by atoms with Gasteiger partial charge in [0.25, 0.3) is 0 Å². The van der Waals surface area contributed by atoms with Crippen LogP contribution in [-0.2, 0) is 19.3 Å². The first-order valence-corrected chi connectivity index (χ1v) is 7.67. The van der Waals surface area contributed by atoms with E-state index in [1.54, 1.807) is 18.2 Å². The summed E-state index contributed by atoms with van der Waals surface area (Å²) in [5, 5.41) is 0.545. The van der Waals surface area contributed by atoms with Gasteiger partial charge in [-0.15, -0.1) is 0 Å². The lowest BCUT2D eigenvalue weighted by Crippen LogP contribution is -2.28. The van der Waals surface area contributed by atoms with Gasteiger partial charge in [0.2, 0.25) is 6.79 Å². The van der Waals surface area contributed by atoms with Crippen molar-refractivity contribution in [1.29, 1.82) is 0 Å². The first-order chi connectivity index (χ1) is 10.6. The summed E-state index contributed by atoms with van der Waals surface area (Å²) >= 11 is 3.27. The third-order valence-corrected chi connectivity index (χ3v) is 3.64. The Morgan fingerprint density at radius 2 is 2.05 bits per heavy atom. The molecule has 0 N–H and O–H groups in total. The second-order valence-electron chi connectivity index (χ2n) is 4.62. The van der Waals surface area contributed by atoms with Crippen LogP contribution in [0.3, 0.4) is 0 Å². The van der Waals surface area contributed by atoms with Gasteiger partial charge in [0.05, 0.1) is 5.92 Å². The quantitative estimate of drug-likeness (QED) is 0.561. The van der Waals surface area contributed by atoms with Crippen molar-refractivity contribution in [3.63, 3.8) is 0 Å². The van der Waals surface area contributed by atoms with Gasteiger partial charge in [0, 0.05) is 9.86 Å². The van der Waals surface area contributed by atoms with Gasteiger partial charge >= 0.3 is 11.9 Å². The standard InChI is InChI=1S/C14H14BrFO6/c1-8(13(17)22-16)21-14(18)10(4-5-15)9-2-3-11-12(6-9)20-7-19-11/h2-3,6,8,10H,4-5,7H2,1H3/t8-,10?/m0/s1. The second kappa shape index (κ2) is 7.44. The largest absolute Gasteiger partial charge is 0.454 e. The predicted molar refractivity (Wildman–Crippen MR) is 76.5 cm³/mol. The Bertz CT molecular complexity index is 564. The summed E-state index contributed by atoms with van der Waals surface area (Å²) in [6.07, 6.45) is -0.875. The van der Waals surface area contributed by atoms with Gasteiger partial charge in [-0.25, -0.2) is 4.79 Å². The molecule has 0 fully saturated rings. The van der Waals surface area contributed by atoms with E-state index in [9.17, 15) is 14.1 Å². The number of carbonyl (C=O) groups excluding carboxylic acids is 2. The minimum Gasteiger partial charge on any atom is -0.454 e. The molecule has 22 heavy (non-hydrogen) atoms. The highest BCUT2D eigenvalue weighted by atomic mass is 79.9. The molecule has 0 saturated heterocycles. The number of carbonyl (C=O) groups is 2. The Morgan fingerprint density at radius 3 is 2.73 bits per heavy atom. The maximum Gasteiger partial charge on any atom is 0.388 e. The molecule has 0 radical (unpaired) electrons. The number of benzene rings is 1. The third-order valence-electron chi connectivity index (χ3n) is 3.18. The number of halogens is 2. The van der Waals surface area contributed by atoms with Gasteiger partial charge < -0.3 is 14.2 Å². The van der Waals surface area contributed by atoms with Crippen molar-refractivity contribution in [2.75, 3.05) is 12.1 Å². The third kappa shape index (κ3) is 3.68. The molecule has 0 saturated carbocycles. The Hall–Kier alpha value is -1.83. The van der Waals surface area contributed by atoms with Crippen molar-refractivity contribution in [2.45, 2.75) is 25.4 Å². The van der Waals surface area contributed by atoms with E-state index in [0.717, 1.165) is 0 Å². The minimum atomic E-state index is -1.32. The number of ether oxygens (including phenoxy) is 3. The zero-order valence-corrected chi connectivity index (χ0v) is 13.3. The molecule has 8 heteroatoms.